The van der Waals surface area contributed by atoms with Crippen molar-refractivity contribution in [3.8, 4) is 5.75 Å². The Balaban J connectivity index is 1.94. The van der Waals surface area contributed by atoms with Crippen molar-refractivity contribution in [3.05, 3.63) is 64.9 Å². The van der Waals surface area contributed by atoms with E-state index in [0.29, 0.717) is 11.5 Å². The molecular weight excluding hydrogens is 272 g/mol. The molecule has 0 aliphatic carbocycles. The third-order valence-corrected chi connectivity index (χ3v) is 3.22. The van der Waals surface area contributed by atoms with E-state index < -0.39 is 0 Å². The van der Waals surface area contributed by atoms with Crippen molar-refractivity contribution in [1.82, 2.24) is 5.43 Å². The molecule has 2 rings (SSSR count). The van der Waals surface area contributed by atoms with Crippen molar-refractivity contribution in [2.75, 3.05) is 6.61 Å². The minimum Gasteiger partial charge on any atom is -0.490 e. The molecule has 4 nitrogen and oxygen atoms in total. The number of amides is 1. The fourth-order valence-corrected chi connectivity index (χ4v) is 2.08. The summed E-state index contributed by atoms with van der Waals surface area (Å²) in [7, 11) is 0. The van der Waals surface area contributed by atoms with Gasteiger partial charge in [0.05, 0.1) is 11.1 Å². The molecule has 0 fully saturated rings. The zero-order chi connectivity index (χ0) is 14.2. The van der Waals surface area contributed by atoms with Gasteiger partial charge in [0.2, 0.25) is 0 Å². The highest BCUT2D eigenvalue weighted by Gasteiger charge is 2.03. The normalized spacial score (nSPS) is 10.4. The number of carbonyl (C=O) groups excluding carboxylic acids is 1. The maximum Gasteiger partial charge on any atom is 0.281 e. The quantitative estimate of drug-likeness (QED) is 0.504. The Morgan fingerprint density at radius 1 is 1.40 bits per heavy atom. The summed E-state index contributed by atoms with van der Waals surface area (Å²) in [5.41, 5.74) is 3.33. The van der Waals surface area contributed by atoms with Gasteiger partial charge in [0, 0.05) is 0 Å². The zero-order valence-corrected chi connectivity index (χ0v) is 11.6. The van der Waals surface area contributed by atoms with Crippen LogP contribution in [0.25, 0.3) is 0 Å². The lowest BCUT2D eigenvalue weighted by Gasteiger charge is -2.03. The topological polar surface area (TPSA) is 50.7 Å². The number of hydrazone groups is 1. The number of hydrogen-bond acceptors (Lipinski definition) is 4. The molecule has 102 valence electrons. The van der Waals surface area contributed by atoms with Gasteiger partial charge in [-0.05, 0) is 29.1 Å². The summed E-state index contributed by atoms with van der Waals surface area (Å²) in [6.07, 6.45) is 3.26. The Morgan fingerprint density at radius 3 is 3.05 bits per heavy atom. The highest BCUT2D eigenvalue weighted by atomic mass is 32.1. The van der Waals surface area contributed by atoms with Gasteiger partial charge in [-0.3, -0.25) is 4.79 Å². The van der Waals surface area contributed by atoms with E-state index in [0.717, 1.165) is 11.3 Å². The smallest absolute Gasteiger partial charge is 0.281 e. The van der Waals surface area contributed by atoms with Gasteiger partial charge in [0.1, 0.15) is 12.4 Å². The molecule has 1 N–H and O–H groups in total. The van der Waals surface area contributed by atoms with Crippen LogP contribution >= 0.6 is 11.3 Å². The van der Waals surface area contributed by atoms with Crippen LogP contribution in [0.4, 0.5) is 0 Å². The second-order valence-corrected chi connectivity index (χ2v) is 4.80. The second-order valence-electron chi connectivity index (χ2n) is 3.85. The van der Waals surface area contributed by atoms with Crippen LogP contribution in [-0.2, 0) is 0 Å². The minimum atomic E-state index is -0.213. The van der Waals surface area contributed by atoms with E-state index >= 15 is 0 Å². The number of hydrogen-bond donors (Lipinski definition) is 1. The lowest BCUT2D eigenvalue weighted by Crippen LogP contribution is -2.16. The molecule has 2 aromatic rings. The number of nitrogens with one attached hydrogen (secondary N) is 1. The van der Waals surface area contributed by atoms with Crippen LogP contribution in [0.5, 0.6) is 5.75 Å². The molecule has 1 heterocycles. The first kappa shape index (κ1) is 14.0. The second kappa shape index (κ2) is 7.25. The molecular formula is C15H14N2O2S. The predicted octanol–water partition coefficient (Wildman–Crippen LogP) is 3.08. The third kappa shape index (κ3) is 4.07. The molecule has 1 amide bonds. The third-order valence-electron chi connectivity index (χ3n) is 2.35. The van der Waals surface area contributed by atoms with Crippen LogP contribution in [0.1, 0.15) is 15.2 Å². The average molecular weight is 286 g/mol. The lowest BCUT2D eigenvalue weighted by atomic mass is 10.2. The summed E-state index contributed by atoms with van der Waals surface area (Å²) in [5.74, 6) is 0.522. The molecule has 0 spiro atoms. The Labute approximate surface area is 121 Å². The van der Waals surface area contributed by atoms with E-state index in [2.05, 4.69) is 17.1 Å². The van der Waals surface area contributed by atoms with Crippen LogP contribution in [0.2, 0.25) is 0 Å². The summed E-state index contributed by atoms with van der Waals surface area (Å²) >= 11 is 1.37. The van der Waals surface area contributed by atoms with Gasteiger partial charge in [-0.2, -0.15) is 5.10 Å². The van der Waals surface area contributed by atoms with Crippen molar-refractivity contribution in [2.45, 2.75) is 0 Å². The highest BCUT2D eigenvalue weighted by Crippen LogP contribution is 2.12. The first-order chi connectivity index (χ1) is 9.79. The molecule has 0 bridgehead atoms. The SMILES string of the molecule is C=CCOc1cccc(/C=N\NC(=O)c2cccs2)c1. The van der Waals surface area contributed by atoms with E-state index in [1.54, 1.807) is 18.4 Å². The number of thiophene rings is 1. The number of ether oxygens (including phenoxy) is 1. The van der Waals surface area contributed by atoms with Crippen LogP contribution < -0.4 is 10.2 Å². The Hall–Kier alpha value is -2.40. The molecule has 0 aliphatic rings. The molecule has 0 aliphatic heterocycles. The Bertz CT molecular complexity index is 606. The summed E-state index contributed by atoms with van der Waals surface area (Å²) in [6, 6.07) is 11.0. The lowest BCUT2D eigenvalue weighted by molar-refractivity contribution is 0.0959. The Kier molecular flexibility index (Phi) is 5.08. The molecule has 1 aromatic carbocycles. The summed E-state index contributed by atoms with van der Waals surface area (Å²) < 4.78 is 5.42. The minimum absolute atomic E-state index is 0.213. The first-order valence-corrected chi connectivity index (χ1v) is 6.88. The fourth-order valence-electron chi connectivity index (χ4n) is 1.47. The molecule has 20 heavy (non-hydrogen) atoms. The van der Waals surface area contributed by atoms with Gasteiger partial charge in [-0.15, -0.1) is 11.3 Å². The van der Waals surface area contributed by atoms with Crippen LogP contribution in [0, 0.1) is 0 Å². The van der Waals surface area contributed by atoms with E-state index in [-0.39, 0.29) is 5.91 Å². The predicted molar refractivity (Wildman–Crippen MR) is 81.5 cm³/mol. The first-order valence-electron chi connectivity index (χ1n) is 6.00. The molecule has 0 radical (unpaired) electrons. The van der Waals surface area contributed by atoms with E-state index in [1.807, 2.05) is 35.7 Å². The van der Waals surface area contributed by atoms with E-state index in [9.17, 15) is 4.79 Å². The number of benzene rings is 1. The maximum atomic E-state index is 11.7. The fraction of sp³-hybridized carbons (Fsp3) is 0.0667. The number of carbonyl (C=O) groups is 1. The van der Waals surface area contributed by atoms with Crippen LogP contribution in [-0.4, -0.2) is 18.7 Å². The van der Waals surface area contributed by atoms with Gasteiger partial charge in [-0.1, -0.05) is 30.9 Å². The van der Waals surface area contributed by atoms with Gasteiger partial charge in [-0.25, -0.2) is 5.43 Å². The highest BCUT2D eigenvalue weighted by molar-refractivity contribution is 7.12. The van der Waals surface area contributed by atoms with Crippen molar-refractivity contribution in [3.63, 3.8) is 0 Å². The summed E-state index contributed by atoms with van der Waals surface area (Å²) in [6.45, 7) is 4.05. The molecule has 0 saturated carbocycles. The molecule has 0 saturated heterocycles. The largest absolute Gasteiger partial charge is 0.490 e. The van der Waals surface area contributed by atoms with Gasteiger partial charge in [0.25, 0.3) is 5.91 Å². The van der Waals surface area contributed by atoms with Crippen molar-refractivity contribution < 1.29 is 9.53 Å². The molecule has 5 heteroatoms. The van der Waals surface area contributed by atoms with E-state index in [1.165, 1.54) is 11.3 Å². The molecule has 1 aromatic heterocycles. The van der Waals surface area contributed by atoms with Crippen molar-refractivity contribution in [1.29, 1.82) is 0 Å². The number of rotatable bonds is 6. The average Bonchev–Trinajstić information content (AvgIpc) is 3.00. The van der Waals surface area contributed by atoms with Crippen LogP contribution in [0.15, 0.2) is 59.5 Å². The molecule has 0 atom stereocenters. The zero-order valence-electron chi connectivity index (χ0n) is 10.8. The Morgan fingerprint density at radius 2 is 2.30 bits per heavy atom. The van der Waals surface area contributed by atoms with Crippen molar-refractivity contribution >= 4 is 23.5 Å². The van der Waals surface area contributed by atoms with Gasteiger partial charge in [0.15, 0.2) is 0 Å². The van der Waals surface area contributed by atoms with E-state index in [4.69, 9.17) is 4.74 Å². The summed E-state index contributed by atoms with van der Waals surface area (Å²) in [5, 5.41) is 5.77. The monoisotopic (exact) mass is 286 g/mol. The standard InChI is InChI=1S/C15H14N2O2S/c1-2-8-19-13-6-3-5-12(10-13)11-16-17-15(18)14-7-4-9-20-14/h2-7,9-11H,1,8H2,(H,17,18)/b16-11-. The van der Waals surface area contributed by atoms with Gasteiger partial charge < -0.3 is 4.74 Å². The van der Waals surface area contributed by atoms with Crippen LogP contribution in [0.3, 0.4) is 0 Å². The maximum absolute atomic E-state index is 11.7. The van der Waals surface area contributed by atoms with Gasteiger partial charge >= 0.3 is 0 Å². The summed E-state index contributed by atoms with van der Waals surface area (Å²) in [4.78, 5) is 12.3. The number of nitrogens with zero attached hydrogens (tertiary/aromatic N) is 1. The molecule has 0 unspecified atom stereocenters. The van der Waals surface area contributed by atoms with Crippen molar-refractivity contribution in [2.24, 2.45) is 5.10 Å².